The number of hydrogen-bond donors (Lipinski definition) is 1. The van der Waals surface area contributed by atoms with Crippen molar-refractivity contribution in [1.82, 2.24) is 0 Å². The lowest BCUT2D eigenvalue weighted by Crippen LogP contribution is -2.18. The third kappa shape index (κ3) is 2.77. The fraction of sp³-hybridized carbons (Fsp3) is 0.333. The summed E-state index contributed by atoms with van der Waals surface area (Å²) in [6.07, 6.45) is 0.972. The Kier molecular flexibility index (Phi) is 2.72. The van der Waals surface area contributed by atoms with E-state index in [0.717, 1.165) is 6.42 Å². The van der Waals surface area contributed by atoms with Crippen molar-refractivity contribution >= 4 is 13.3 Å². The number of rotatable bonds is 2. The van der Waals surface area contributed by atoms with Crippen LogP contribution >= 0.6 is 0 Å². The molecule has 2 heteroatoms. The summed E-state index contributed by atoms with van der Waals surface area (Å²) in [6, 6.07) is 8.78. The average Bonchev–Trinajstić information content (AvgIpc) is 1.93. The van der Waals surface area contributed by atoms with Crippen LogP contribution in [0.2, 0.25) is 0 Å². The Hall–Kier alpha value is -0.755. The van der Waals surface area contributed by atoms with Gasteiger partial charge in [-0.15, -0.1) is 0 Å². The minimum atomic E-state index is 0.262. The van der Waals surface area contributed by atoms with E-state index >= 15 is 0 Å². The van der Waals surface area contributed by atoms with E-state index in [0.29, 0.717) is 0 Å². The minimum absolute atomic E-state index is 0.262. The molecule has 0 fully saturated rings. The third-order valence-corrected chi connectivity index (χ3v) is 1.68. The summed E-state index contributed by atoms with van der Waals surface area (Å²) in [5.41, 5.74) is 8.29. The van der Waals surface area contributed by atoms with E-state index in [1.165, 1.54) is 11.0 Å². The van der Waals surface area contributed by atoms with Gasteiger partial charge in [0.2, 0.25) is 0 Å². The van der Waals surface area contributed by atoms with E-state index in [1.807, 2.05) is 6.92 Å². The Balaban J connectivity index is 2.66. The lowest BCUT2D eigenvalue weighted by atomic mass is 9.94. The normalized spacial score (nSPS) is 12.9. The molecule has 0 bridgehead atoms. The predicted octanol–water partition coefficient (Wildman–Crippen LogP) is -0.165. The summed E-state index contributed by atoms with van der Waals surface area (Å²) < 4.78 is 0. The van der Waals surface area contributed by atoms with Gasteiger partial charge in [-0.3, -0.25) is 0 Å². The molecule has 0 aromatic heterocycles. The maximum atomic E-state index is 5.66. The van der Waals surface area contributed by atoms with Crippen molar-refractivity contribution in [3.8, 4) is 0 Å². The first kappa shape index (κ1) is 8.34. The first-order chi connectivity index (χ1) is 5.18. The number of hydrogen-bond acceptors (Lipinski definition) is 1. The highest BCUT2D eigenvalue weighted by molar-refractivity contribution is 6.32. The molecule has 0 saturated carbocycles. The van der Waals surface area contributed by atoms with Crippen LogP contribution in [0.25, 0.3) is 0 Å². The van der Waals surface area contributed by atoms with Crippen molar-refractivity contribution in [1.29, 1.82) is 0 Å². The van der Waals surface area contributed by atoms with E-state index in [9.17, 15) is 0 Å². The van der Waals surface area contributed by atoms with E-state index < -0.39 is 0 Å². The third-order valence-electron chi connectivity index (χ3n) is 1.68. The van der Waals surface area contributed by atoms with Gasteiger partial charge in [0.25, 0.3) is 0 Å². The standard InChI is InChI=1S/C9H14BN/c1-7(11)6-8-2-4-9(10)5-3-8/h2-5,7H,6,10-11H2,1H3/t7-/m1/s1. The van der Waals surface area contributed by atoms with Gasteiger partial charge in [-0.1, -0.05) is 29.7 Å². The van der Waals surface area contributed by atoms with Crippen LogP contribution in [0.1, 0.15) is 12.5 Å². The molecule has 2 N–H and O–H groups in total. The molecule has 0 unspecified atom stereocenters. The molecule has 1 nitrogen and oxygen atoms in total. The maximum Gasteiger partial charge on any atom is 0.139 e. The van der Waals surface area contributed by atoms with E-state index in [4.69, 9.17) is 5.73 Å². The van der Waals surface area contributed by atoms with E-state index in [2.05, 4.69) is 32.1 Å². The highest BCUT2D eigenvalue weighted by Crippen LogP contribution is 1.99. The van der Waals surface area contributed by atoms with Crippen molar-refractivity contribution in [2.45, 2.75) is 19.4 Å². The second-order valence-electron chi connectivity index (χ2n) is 3.17. The smallest absolute Gasteiger partial charge is 0.139 e. The second-order valence-corrected chi connectivity index (χ2v) is 3.17. The van der Waals surface area contributed by atoms with Crippen molar-refractivity contribution in [3.05, 3.63) is 29.8 Å². The quantitative estimate of drug-likeness (QED) is 0.577. The molecule has 58 valence electrons. The number of benzene rings is 1. The molecule has 1 atom stereocenters. The van der Waals surface area contributed by atoms with Gasteiger partial charge in [0.1, 0.15) is 7.85 Å². The molecule has 0 amide bonds. The fourth-order valence-electron chi connectivity index (χ4n) is 1.10. The molecule has 0 aliphatic rings. The van der Waals surface area contributed by atoms with Crippen LogP contribution in [0.15, 0.2) is 24.3 Å². The van der Waals surface area contributed by atoms with Gasteiger partial charge in [-0.05, 0) is 18.9 Å². The van der Waals surface area contributed by atoms with Crippen molar-refractivity contribution in [3.63, 3.8) is 0 Å². The molecule has 11 heavy (non-hydrogen) atoms. The highest BCUT2D eigenvalue weighted by atomic mass is 14.6. The van der Waals surface area contributed by atoms with Crippen molar-refractivity contribution < 1.29 is 0 Å². The van der Waals surface area contributed by atoms with Gasteiger partial charge in [0.05, 0.1) is 0 Å². The first-order valence-electron chi connectivity index (χ1n) is 3.99. The Labute approximate surface area is 69.0 Å². The topological polar surface area (TPSA) is 26.0 Å². The summed E-state index contributed by atoms with van der Waals surface area (Å²) in [5, 5.41) is 0. The van der Waals surface area contributed by atoms with Crippen molar-refractivity contribution in [2.75, 3.05) is 0 Å². The fourth-order valence-corrected chi connectivity index (χ4v) is 1.10. The molecular weight excluding hydrogens is 133 g/mol. The van der Waals surface area contributed by atoms with Crippen LogP contribution in [-0.4, -0.2) is 13.9 Å². The minimum Gasteiger partial charge on any atom is -0.328 e. The van der Waals surface area contributed by atoms with Crippen LogP contribution in [0.5, 0.6) is 0 Å². The Morgan fingerprint density at radius 3 is 2.36 bits per heavy atom. The van der Waals surface area contributed by atoms with Gasteiger partial charge in [-0.2, -0.15) is 0 Å². The SMILES string of the molecule is Bc1ccc(C[C@@H](C)N)cc1. The Morgan fingerprint density at radius 1 is 1.36 bits per heavy atom. The summed E-state index contributed by atoms with van der Waals surface area (Å²) in [5.74, 6) is 0. The molecule has 0 spiro atoms. The molecule has 1 rings (SSSR count). The van der Waals surface area contributed by atoms with E-state index in [-0.39, 0.29) is 6.04 Å². The summed E-state index contributed by atoms with van der Waals surface area (Å²) in [6.45, 7) is 2.03. The summed E-state index contributed by atoms with van der Waals surface area (Å²) in [7, 11) is 2.09. The first-order valence-corrected chi connectivity index (χ1v) is 3.99. The van der Waals surface area contributed by atoms with Crippen LogP contribution in [0, 0.1) is 0 Å². The molecule has 0 saturated heterocycles. The van der Waals surface area contributed by atoms with Crippen LogP contribution in [0.3, 0.4) is 0 Å². The van der Waals surface area contributed by atoms with Gasteiger partial charge in [-0.25, -0.2) is 0 Å². The molecule has 0 radical (unpaired) electrons. The van der Waals surface area contributed by atoms with Gasteiger partial charge < -0.3 is 5.73 Å². The van der Waals surface area contributed by atoms with Gasteiger partial charge in [0, 0.05) is 6.04 Å². The maximum absolute atomic E-state index is 5.66. The monoisotopic (exact) mass is 147 g/mol. The summed E-state index contributed by atoms with van der Waals surface area (Å²) in [4.78, 5) is 0. The zero-order valence-corrected chi connectivity index (χ0v) is 7.17. The number of nitrogens with two attached hydrogens (primary N) is 1. The average molecular weight is 147 g/mol. The molecule has 1 aromatic carbocycles. The largest absolute Gasteiger partial charge is 0.328 e. The Bertz CT molecular complexity index is 216. The lowest BCUT2D eigenvalue weighted by Gasteiger charge is -2.04. The zero-order valence-electron chi connectivity index (χ0n) is 7.17. The molecule has 0 aliphatic carbocycles. The summed E-state index contributed by atoms with van der Waals surface area (Å²) >= 11 is 0. The zero-order chi connectivity index (χ0) is 8.27. The molecule has 0 heterocycles. The van der Waals surface area contributed by atoms with Gasteiger partial charge in [0.15, 0.2) is 0 Å². The van der Waals surface area contributed by atoms with Crippen molar-refractivity contribution in [2.24, 2.45) is 5.73 Å². The molecular formula is C9H14BN. The predicted molar refractivity (Wildman–Crippen MR) is 52.0 cm³/mol. The second kappa shape index (κ2) is 3.58. The molecule has 0 aliphatic heterocycles. The highest BCUT2D eigenvalue weighted by Gasteiger charge is 1.95. The van der Waals surface area contributed by atoms with Crippen LogP contribution in [-0.2, 0) is 6.42 Å². The van der Waals surface area contributed by atoms with Crippen LogP contribution in [0.4, 0.5) is 0 Å². The molecule has 1 aromatic rings. The Morgan fingerprint density at radius 2 is 1.91 bits per heavy atom. The lowest BCUT2D eigenvalue weighted by molar-refractivity contribution is 0.738. The van der Waals surface area contributed by atoms with Gasteiger partial charge >= 0.3 is 0 Å². The van der Waals surface area contributed by atoms with E-state index in [1.54, 1.807) is 0 Å². The van der Waals surface area contributed by atoms with Crippen LogP contribution < -0.4 is 11.2 Å².